The third kappa shape index (κ3) is 12.6. The van der Waals surface area contributed by atoms with Gasteiger partial charge in [-0.25, -0.2) is 8.78 Å². The first kappa shape index (κ1) is 47.6. The van der Waals surface area contributed by atoms with Crippen molar-refractivity contribution in [2.45, 2.75) is 87.6 Å². The SMILES string of the molecule is O=C(O)C[C@H](O)C[C@H](O)/C=C/c1c(C2CC2)nc2ccccc2c1-c1ccc(F)cc1.O=C(O)C[C@H](O)C[C@H](O)/C=C/c1c(C2CC2)nc2ccccc2c1-c1ccc(F)cc1.[Ca+2]. The molecular weight excluding hydrogens is 835 g/mol. The molecule has 4 atom stereocenters. The third-order valence-corrected chi connectivity index (χ3v) is 10.9. The number of carboxylic acids is 2. The van der Waals surface area contributed by atoms with Gasteiger partial charge in [-0.3, -0.25) is 19.6 Å². The van der Waals surface area contributed by atoms with E-state index in [0.717, 1.165) is 92.3 Å². The zero-order chi connectivity index (χ0) is 43.9. The van der Waals surface area contributed by atoms with Crippen molar-refractivity contribution in [2.75, 3.05) is 0 Å². The first-order valence-corrected chi connectivity index (χ1v) is 20.7. The van der Waals surface area contributed by atoms with E-state index in [1.54, 1.807) is 48.6 Å². The van der Waals surface area contributed by atoms with Crippen LogP contribution in [0.25, 0.3) is 56.2 Å². The number of hydrogen-bond donors (Lipinski definition) is 6. The van der Waals surface area contributed by atoms with Crippen molar-refractivity contribution in [3.8, 4) is 22.3 Å². The monoisotopic (exact) mass is 882 g/mol. The van der Waals surface area contributed by atoms with Crippen molar-refractivity contribution in [3.63, 3.8) is 0 Å². The summed E-state index contributed by atoms with van der Waals surface area (Å²) in [6, 6.07) is 28.2. The molecule has 8 rings (SSSR count). The van der Waals surface area contributed by atoms with Crippen molar-refractivity contribution in [3.05, 3.63) is 143 Å². The Bertz CT molecular complexity index is 2430. The molecule has 6 N–H and O–H groups in total. The molecule has 6 aromatic rings. The van der Waals surface area contributed by atoms with Crippen LogP contribution in [0.15, 0.2) is 109 Å². The van der Waals surface area contributed by atoms with Crippen LogP contribution in [0, 0.1) is 11.6 Å². The number of para-hydroxylation sites is 2. The largest absolute Gasteiger partial charge is 2.00 e. The first-order chi connectivity index (χ1) is 29.8. The molecule has 2 fully saturated rings. The van der Waals surface area contributed by atoms with Crippen molar-refractivity contribution in [1.82, 2.24) is 9.97 Å². The second kappa shape index (κ2) is 21.6. The second-order valence-electron chi connectivity index (χ2n) is 16.0. The van der Waals surface area contributed by atoms with Crippen molar-refractivity contribution >= 4 is 83.6 Å². The average Bonchev–Trinajstić information content (AvgIpc) is 4.17. The zero-order valence-electron chi connectivity index (χ0n) is 34.5. The Hall–Kier alpha value is -4.92. The molecule has 2 aromatic heterocycles. The number of aliphatic carboxylic acids is 2. The minimum absolute atomic E-state index is 0. The molecule has 2 heterocycles. The van der Waals surface area contributed by atoms with E-state index in [0.29, 0.717) is 11.8 Å². The number of fused-ring (bicyclic) bond motifs is 2. The third-order valence-electron chi connectivity index (χ3n) is 10.9. The van der Waals surface area contributed by atoms with Crippen LogP contribution in [0.1, 0.15) is 85.7 Å². The summed E-state index contributed by atoms with van der Waals surface area (Å²) < 4.78 is 27.2. The van der Waals surface area contributed by atoms with Gasteiger partial charge in [0, 0.05) is 57.7 Å². The standard InChI is InChI=1S/2C25H24FNO4.Ca/c2*26-17-9-7-15(8-10-17)24-20-3-1-2-4-22(20)27-25(16-5-6-16)21(24)12-11-18(28)13-19(29)14-23(30)31;/h2*1-4,7-12,16,18-19,28-29H,5-6,13-14H2,(H,30,31);/q;;+2/b2*12-11+;/t2*18-,19-;/m11./s1. The van der Waals surface area contributed by atoms with E-state index in [9.17, 15) is 38.8 Å². The number of aliphatic hydroxyl groups is 4. The molecular formula is C50H48CaF2N2O8+2. The molecule has 2 aliphatic carbocycles. The van der Waals surface area contributed by atoms with Gasteiger partial charge in [0.2, 0.25) is 0 Å². The predicted molar refractivity (Wildman–Crippen MR) is 240 cm³/mol. The summed E-state index contributed by atoms with van der Waals surface area (Å²) in [7, 11) is 0. The molecule has 0 aliphatic heterocycles. The van der Waals surface area contributed by atoms with Gasteiger partial charge in [-0.2, -0.15) is 0 Å². The molecule has 2 saturated carbocycles. The number of aromatic nitrogens is 2. The number of carboxylic acid groups (broad SMARTS) is 2. The summed E-state index contributed by atoms with van der Waals surface area (Å²) in [5.74, 6) is -2.20. The number of nitrogens with zero attached hydrogens (tertiary/aromatic N) is 2. The molecule has 320 valence electrons. The van der Waals surface area contributed by atoms with Crippen LogP contribution in [-0.4, -0.2) is 115 Å². The zero-order valence-corrected chi connectivity index (χ0v) is 36.7. The Labute approximate surface area is 393 Å². The summed E-state index contributed by atoms with van der Waals surface area (Å²) in [5, 5.41) is 59.8. The summed E-state index contributed by atoms with van der Waals surface area (Å²) in [6.07, 6.45) is 5.60. The number of hydrogen-bond acceptors (Lipinski definition) is 8. The number of pyridine rings is 2. The van der Waals surface area contributed by atoms with Crippen LogP contribution in [0.3, 0.4) is 0 Å². The van der Waals surface area contributed by atoms with Gasteiger partial charge in [0.25, 0.3) is 0 Å². The minimum atomic E-state index is -1.13. The van der Waals surface area contributed by atoms with Crippen LogP contribution in [0.4, 0.5) is 8.78 Å². The Balaban J connectivity index is 0.000000206. The summed E-state index contributed by atoms with van der Waals surface area (Å²) in [6.45, 7) is 0. The van der Waals surface area contributed by atoms with Crippen LogP contribution >= 0.6 is 0 Å². The molecule has 0 radical (unpaired) electrons. The van der Waals surface area contributed by atoms with E-state index in [1.165, 1.54) is 24.3 Å². The van der Waals surface area contributed by atoms with E-state index in [2.05, 4.69) is 0 Å². The topological polar surface area (TPSA) is 181 Å². The summed E-state index contributed by atoms with van der Waals surface area (Å²) >= 11 is 0. The van der Waals surface area contributed by atoms with Gasteiger partial charge in [-0.15, -0.1) is 0 Å². The molecule has 0 saturated heterocycles. The number of halogens is 2. The van der Waals surface area contributed by atoms with Gasteiger partial charge >= 0.3 is 49.7 Å². The van der Waals surface area contributed by atoms with Gasteiger partial charge in [0.15, 0.2) is 0 Å². The Morgan fingerprint density at radius 2 is 0.921 bits per heavy atom. The van der Waals surface area contributed by atoms with E-state index < -0.39 is 49.2 Å². The fourth-order valence-electron chi connectivity index (χ4n) is 7.72. The van der Waals surface area contributed by atoms with E-state index >= 15 is 0 Å². The number of rotatable bonds is 16. The maximum absolute atomic E-state index is 13.6. The molecule has 2 aliphatic rings. The van der Waals surface area contributed by atoms with Crippen LogP contribution in [-0.2, 0) is 9.59 Å². The maximum Gasteiger partial charge on any atom is 2.00 e. The van der Waals surface area contributed by atoms with E-state index in [4.69, 9.17) is 20.2 Å². The Morgan fingerprint density at radius 3 is 1.25 bits per heavy atom. The Kier molecular flexibility index (Phi) is 16.3. The van der Waals surface area contributed by atoms with Gasteiger partial charge in [0.05, 0.1) is 59.7 Å². The molecule has 10 nitrogen and oxygen atoms in total. The normalized spacial score (nSPS) is 15.7. The van der Waals surface area contributed by atoms with Crippen molar-refractivity contribution in [1.29, 1.82) is 0 Å². The van der Waals surface area contributed by atoms with Gasteiger partial charge in [-0.05, 0) is 73.2 Å². The van der Waals surface area contributed by atoms with Crippen molar-refractivity contribution in [2.24, 2.45) is 0 Å². The summed E-state index contributed by atoms with van der Waals surface area (Å²) in [5.41, 5.74) is 8.85. The van der Waals surface area contributed by atoms with E-state index in [1.807, 2.05) is 48.5 Å². The van der Waals surface area contributed by atoms with Crippen LogP contribution in [0.2, 0.25) is 0 Å². The van der Waals surface area contributed by atoms with Gasteiger partial charge in [-0.1, -0.05) is 85.0 Å². The molecule has 0 spiro atoms. The van der Waals surface area contributed by atoms with Crippen LogP contribution < -0.4 is 0 Å². The fraction of sp³-hybridized carbons (Fsp3) is 0.280. The van der Waals surface area contributed by atoms with Crippen LogP contribution in [0.5, 0.6) is 0 Å². The number of benzene rings is 4. The number of carbonyl (C=O) groups is 2. The molecule has 0 bridgehead atoms. The van der Waals surface area contributed by atoms with Crippen molar-refractivity contribution < 1.29 is 49.0 Å². The van der Waals surface area contributed by atoms with E-state index in [-0.39, 0.29) is 62.2 Å². The first-order valence-electron chi connectivity index (χ1n) is 20.7. The molecule has 63 heavy (non-hydrogen) atoms. The predicted octanol–water partition coefficient (Wildman–Crippen LogP) is 8.66. The minimum Gasteiger partial charge on any atom is -0.481 e. The smallest absolute Gasteiger partial charge is 0.481 e. The molecule has 13 heteroatoms. The molecule has 0 amide bonds. The van der Waals surface area contributed by atoms with Gasteiger partial charge in [0.1, 0.15) is 11.6 Å². The summed E-state index contributed by atoms with van der Waals surface area (Å²) in [4.78, 5) is 31.3. The molecule has 4 aromatic carbocycles. The maximum atomic E-state index is 13.6. The fourth-order valence-corrected chi connectivity index (χ4v) is 7.72. The average molecular weight is 883 g/mol. The second-order valence-corrected chi connectivity index (χ2v) is 16.0. The van der Waals surface area contributed by atoms with Gasteiger partial charge < -0.3 is 30.6 Å². The quantitative estimate of drug-likeness (QED) is 0.0515. The molecule has 0 unspecified atom stereocenters. The number of aliphatic hydroxyl groups excluding tert-OH is 4. The Morgan fingerprint density at radius 1 is 0.571 bits per heavy atom.